The minimum absolute atomic E-state index is 0.00307. The van der Waals surface area contributed by atoms with E-state index in [-0.39, 0.29) is 24.6 Å². The highest BCUT2D eigenvalue weighted by Gasteiger charge is 2.31. The second-order valence-corrected chi connectivity index (χ2v) is 7.30. The number of rotatable bonds is 9. The zero-order chi connectivity index (χ0) is 26.1. The molecule has 0 spiro atoms. The van der Waals surface area contributed by atoms with Crippen LogP contribution in [0.1, 0.15) is 21.5 Å². The number of alkyl halides is 3. The lowest BCUT2D eigenvalue weighted by Crippen LogP contribution is -2.28. The zero-order valence-electron chi connectivity index (χ0n) is 19.3. The number of benzene rings is 3. The van der Waals surface area contributed by atoms with Crippen LogP contribution >= 0.6 is 0 Å². The molecule has 0 aliphatic rings. The monoisotopic (exact) mass is 504 g/mol. The molecule has 3 aromatic carbocycles. The Morgan fingerprint density at radius 2 is 1.64 bits per heavy atom. The molecule has 190 valence electrons. The number of carbonyl (C=O) groups is 2. The van der Waals surface area contributed by atoms with Gasteiger partial charge >= 0.3 is 18.4 Å². The molecule has 3 aromatic rings. The van der Waals surface area contributed by atoms with Gasteiger partial charge in [0.1, 0.15) is 23.9 Å². The molecular weight excluding hydrogens is 481 g/mol. The lowest BCUT2D eigenvalue weighted by atomic mass is 10.1. The molecule has 8 nitrogen and oxygen atoms in total. The van der Waals surface area contributed by atoms with Gasteiger partial charge in [0.05, 0.1) is 25.5 Å². The third kappa shape index (κ3) is 7.55. The van der Waals surface area contributed by atoms with Gasteiger partial charge in [-0.1, -0.05) is 30.3 Å². The second-order valence-electron chi connectivity index (χ2n) is 7.30. The molecule has 0 saturated heterocycles. The van der Waals surface area contributed by atoms with E-state index in [1.54, 1.807) is 48.5 Å². The summed E-state index contributed by atoms with van der Waals surface area (Å²) in [7, 11) is 2.62. The summed E-state index contributed by atoms with van der Waals surface area (Å²) in [6.07, 6.45) is -4.87. The molecule has 36 heavy (non-hydrogen) atoms. The summed E-state index contributed by atoms with van der Waals surface area (Å²) in [4.78, 5) is 24.0. The maximum Gasteiger partial charge on any atom is 0.573 e. The molecule has 0 fully saturated rings. The third-order valence-corrected chi connectivity index (χ3v) is 4.83. The number of ether oxygens (including phenoxy) is 4. The number of esters is 1. The van der Waals surface area contributed by atoms with Crippen molar-refractivity contribution in [3.63, 3.8) is 0 Å². The van der Waals surface area contributed by atoms with E-state index in [4.69, 9.17) is 9.47 Å². The summed E-state index contributed by atoms with van der Waals surface area (Å²) in [5.41, 5.74) is 1.90. The highest BCUT2D eigenvalue weighted by molar-refractivity contribution is 5.91. The number of halogens is 3. The zero-order valence-corrected chi connectivity index (χ0v) is 19.3. The Kier molecular flexibility index (Phi) is 8.61. The maximum atomic E-state index is 12.5. The van der Waals surface area contributed by atoms with Crippen LogP contribution in [0.5, 0.6) is 17.2 Å². The Hall–Kier alpha value is -4.41. The largest absolute Gasteiger partial charge is 0.573 e. The van der Waals surface area contributed by atoms with Gasteiger partial charge < -0.3 is 29.6 Å². The van der Waals surface area contributed by atoms with Crippen molar-refractivity contribution in [2.45, 2.75) is 19.5 Å². The number of urea groups is 1. The smallest absolute Gasteiger partial charge is 0.495 e. The SMILES string of the molecule is COC(=O)c1ccc(COc2ccccc2CNC(=O)Nc2cc(OC(F)(F)F)ccc2OC)cc1. The molecule has 0 atom stereocenters. The highest BCUT2D eigenvalue weighted by atomic mass is 19.4. The van der Waals surface area contributed by atoms with Crippen LogP contribution in [0.4, 0.5) is 23.7 Å². The van der Waals surface area contributed by atoms with Crippen LogP contribution in [0, 0.1) is 0 Å². The number of para-hydroxylation sites is 1. The van der Waals surface area contributed by atoms with E-state index >= 15 is 0 Å². The normalized spacial score (nSPS) is 10.8. The number of methoxy groups -OCH3 is 2. The average Bonchev–Trinajstić information content (AvgIpc) is 2.85. The Morgan fingerprint density at radius 3 is 2.31 bits per heavy atom. The molecule has 0 aromatic heterocycles. The molecule has 2 N–H and O–H groups in total. The number of hydrogen-bond acceptors (Lipinski definition) is 6. The van der Waals surface area contributed by atoms with Crippen LogP contribution < -0.4 is 24.8 Å². The van der Waals surface area contributed by atoms with Crippen molar-refractivity contribution in [3.8, 4) is 17.2 Å². The Labute approximate surface area is 204 Å². The van der Waals surface area contributed by atoms with Crippen LogP contribution in [0.3, 0.4) is 0 Å². The van der Waals surface area contributed by atoms with E-state index in [9.17, 15) is 22.8 Å². The van der Waals surface area contributed by atoms with Crippen molar-refractivity contribution in [2.24, 2.45) is 0 Å². The van der Waals surface area contributed by atoms with E-state index in [0.29, 0.717) is 16.9 Å². The van der Waals surface area contributed by atoms with Crippen molar-refractivity contribution >= 4 is 17.7 Å². The van der Waals surface area contributed by atoms with Crippen molar-refractivity contribution in [3.05, 3.63) is 83.4 Å². The molecule has 0 radical (unpaired) electrons. The van der Waals surface area contributed by atoms with Gasteiger partial charge in [-0.2, -0.15) is 0 Å². The predicted octanol–water partition coefficient (Wildman–Crippen LogP) is 5.28. The van der Waals surface area contributed by atoms with Crippen molar-refractivity contribution in [2.75, 3.05) is 19.5 Å². The lowest BCUT2D eigenvalue weighted by molar-refractivity contribution is -0.274. The topological polar surface area (TPSA) is 95.1 Å². The number of carbonyl (C=O) groups excluding carboxylic acids is 2. The third-order valence-electron chi connectivity index (χ3n) is 4.83. The Bertz CT molecular complexity index is 1200. The second kappa shape index (κ2) is 11.8. The quantitative estimate of drug-likeness (QED) is 0.385. The first-order valence-corrected chi connectivity index (χ1v) is 10.5. The molecule has 11 heteroatoms. The molecule has 0 aliphatic carbocycles. The molecule has 0 heterocycles. The Balaban J connectivity index is 1.61. The van der Waals surface area contributed by atoms with Crippen LogP contribution in [-0.2, 0) is 17.9 Å². The number of anilines is 1. The van der Waals surface area contributed by atoms with Gasteiger partial charge in [0.15, 0.2) is 0 Å². The summed E-state index contributed by atoms with van der Waals surface area (Å²) in [5, 5.41) is 5.08. The van der Waals surface area contributed by atoms with Crippen LogP contribution in [-0.4, -0.2) is 32.6 Å². The number of hydrogen-bond donors (Lipinski definition) is 2. The van der Waals surface area contributed by atoms with Gasteiger partial charge in [-0.05, 0) is 35.9 Å². The minimum atomic E-state index is -4.87. The summed E-state index contributed by atoms with van der Waals surface area (Å²) in [5.74, 6) is -0.263. The molecule has 0 aliphatic heterocycles. The maximum absolute atomic E-state index is 12.5. The molecule has 0 bridgehead atoms. The standard InChI is InChI=1S/C25H23F3N2O6/c1-33-22-12-11-19(36-25(26,27)28)13-20(22)30-24(32)29-14-18-5-3-4-6-21(18)35-15-16-7-9-17(10-8-16)23(31)34-2/h3-13H,14-15H2,1-2H3,(H2,29,30,32). The summed E-state index contributed by atoms with van der Waals surface area (Å²) < 4.78 is 57.1. The molecule has 3 rings (SSSR count). The molecular formula is C25H23F3N2O6. The number of nitrogens with one attached hydrogen (secondary N) is 2. The summed E-state index contributed by atoms with van der Waals surface area (Å²) in [6.45, 7) is 0.290. The molecule has 0 unspecified atom stereocenters. The molecule has 2 amide bonds. The van der Waals surface area contributed by atoms with Gasteiger partial charge in [0.25, 0.3) is 0 Å². The molecule has 0 saturated carbocycles. The van der Waals surface area contributed by atoms with Crippen molar-refractivity contribution in [1.29, 1.82) is 0 Å². The van der Waals surface area contributed by atoms with Crippen LogP contribution in [0.15, 0.2) is 66.7 Å². The van der Waals surface area contributed by atoms with Gasteiger partial charge in [0.2, 0.25) is 0 Å². The Morgan fingerprint density at radius 1 is 0.917 bits per heavy atom. The van der Waals surface area contributed by atoms with E-state index in [0.717, 1.165) is 17.7 Å². The predicted molar refractivity (Wildman–Crippen MR) is 124 cm³/mol. The van der Waals surface area contributed by atoms with Crippen molar-refractivity contribution < 1.29 is 41.7 Å². The fraction of sp³-hybridized carbons (Fsp3) is 0.200. The van der Waals surface area contributed by atoms with Crippen LogP contribution in [0.2, 0.25) is 0 Å². The highest BCUT2D eigenvalue weighted by Crippen LogP contribution is 2.32. The first-order valence-electron chi connectivity index (χ1n) is 10.5. The first kappa shape index (κ1) is 26.2. The van der Waals surface area contributed by atoms with Gasteiger partial charge in [0, 0.05) is 18.2 Å². The van der Waals surface area contributed by atoms with Gasteiger partial charge in [-0.3, -0.25) is 0 Å². The van der Waals surface area contributed by atoms with E-state index in [1.807, 2.05) is 0 Å². The van der Waals surface area contributed by atoms with E-state index in [2.05, 4.69) is 20.1 Å². The number of amides is 2. The average molecular weight is 504 g/mol. The van der Waals surface area contributed by atoms with Gasteiger partial charge in [-0.15, -0.1) is 13.2 Å². The van der Waals surface area contributed by atoms with E-state index < -0.39 is 24.1 Å². The first-order chi connectivity index (χ1) is 17.2. The van der Waals surface area contributed by atoms with Crippen LogP contribution in [0.25, 0.3) is 0 Å². The van der Waals surface area contributed by atoms with Crippen molar-refractivity contribution in [1.82, 2.24) is 5.32 Å². The van der Waals surface area contributed by atoms with Gasteiger partial charge in [-0.25, -0.2) is 9.59 Å². The lowest BCUT2D eigenvalue weighted by Gasteiger charge is -2.15. The van der Waals surface area contributed by atoms with E-state index in [1.165, 1.54) is 20.3 Å². The minimum Gasteiger partial charge on any atom is -0.495 e. The fourth-order valence-electron chi connectivity index (χ4n) is 3.13. The summed E-state index contributed by atoms with van der Waals surface area (Å²) >= 11 is 0. The summed E-state index contributed by atoms with van der Waals surface area (Å²) in [6, 6.07) is 16.4. The fourth-order valence-corrected chi connectivity index (χ4v) is 3.13.